The Labute approximate surface area is 206 Å². The summed E-state index contributed by atoms with van der Waals surface area (Å²) in [5.74, 6) is -0.137. The van der Waals surface area contributed by atoms with Gasteiger partial charge in [-0.05, 0) is 83.7 Å². The van der Waals surface area contributed by atoms with Crippen LogP contribution in [0.4, 0.5) is 4.79 Å². The fourth-order valence-electron chi connectivity index (χ4n) is 4.04. The summed E-state index contributed by atoms with van der Waals surface area (Å²) in [7, 11) is 0. The molecule has 0 atom stereocenters. The van der Waals surface area contributed by atoms with E-state index in [1.165, 1.54) is 0 Å². The zero-order valence-corrected chi connectivity index (χ0v) is 21.4. The fourth-order valence-corrected chi connectivity index (χ4v) is 4.04. The monoisotopic (exact) mass is 474 g/mol. The number of nitrogens with one attached hydrogen (secondary N) is 1. The van der Waals surface area contributed by atoms with Gasteiger partial charge in [-0.1, -0.05) is 24.3 Å². The average Bonchev–Trinajstić information content (AvgIpc) is 3.21. The molecule has 1 aliphatic heterocycles. The minimum absolute atomic E-state index is 0.137. The lowest BCUT2D eigenvalue weighted by Gasteiger charge is -2.28. The summed E-state index contributed by atoms with van der Waals surface area (Å²) in [6.45, 7) is 12.1. The van der Waals surface area contributed by atoms with Gasteiger partial charge >= 0.3 is 6.09 Å². The molecule has 7 nitrogen and oxygen atoms in total. The topological polar surface area (TPSA) is 76.5 Å². The Balaban J connectivity index is 1.57. The highest BCUT2D eigenvalue weighted by molar-refractivity contribution is 6.05. The first-order valence-electron chi connectivity index (χ1n) is 12.0. The largest absolute Gasteiger partial charge is 0.443 e. The Hall–Kier alpha value is -3.61. The van der Waals surface area contributed by atoms with Crippen LogP contribution in [0.3, 0.4) is 0 Å². The molecule has 0 bridgehead atoms. The Morgan fingerprint density at radius 2 is 1.71 bits per heavy atom. The molecule has 0 radical (unpaired) electrons. The molecular formula is C28H34N4O3. The van der Waals surface area contributed by atoms with Crippen molar-refractivity contribution in [1.82, 2.24) is 20.0 Å². The smallest absolute Gasteiger partial charge is 0.414 e. The maximum atomic E-state index is 12.8. The van der Waals surface area contributed by atoms with E-state index in [9.17, 15) is 9.59 Å². The Morgan fingerprint density at radius 3 is 2.37 bits per heavy atom. The van der Waals surface area contributed by atoms with Gasteiger partial charge in [-0.15, -0.1) is 0 Å². The zero-order chi connectivity index (χ0) is 25.4. The van der Waals surface area contributed by atoms with Crippen molar-refractivity contribution in [3.63, 3.8) is 0 Å². The number of fused-ring (bicyclic) bond motifs is 1. The summed E-state index contributed by atoms with van der Waals surface area (Å²) >= 11 is 0. The van der Waals surface area contributed by atoms with Crippen LogP contribution in [-0.2, 0) is 4.74 Å². The standard InChI is InChI=1S/C28H34N4O3/c1-27(2,3)29-25(33)23-11-7-9-21-18-32(30-24(21)23)22-14-12-19(13-15-22)20-10-8-16-31(17-20)26(34)35-28(4,5)6/h7,9,11-15,17-18H,8,10,16H2,1-6H3,(H,29,33). The van der Waals surface area contributed by atoms with E-state index in [2.05, 4.69) is 5.32 Å². The highest BCUT2D eigenvalue weighted by Crippen LogP contribution is 2.27. The van der Waals surface area contributed by atoms with Crippen LogP contribution in [0.2, 0.25) is 0 Å². The zero-order valence-electron chi connectivity index (χ0n) is 21.4. The predicted molar refractivity (Wildman–Crippen MR) is 138 cm³/mol. The predicted octanol–water partition coefficient (Wildman–Crippen LogP) is 5.93. The van der Waals surface area contributed by atoms with Gasteiger partial charge in [0.1, 0.15) is 11.1 Å². The van der Waals surface area contributed by atoms with Crippen molar-refractivity contribution in [2.24, 2.45) is 0 Å². The van der Waals surface area contributed by atoms with Crippen molar-refractivity contribution in [3.8, 4) is 5.69 Å². The van der Waals surface area contributed by atoms with Gasteiger partial charge in [0.2, 0.25) is 0 Å². The molecule has 184 valence electrons. The van der Waals surface area contributed by atoms with Gasteiger partial charge in [-0.25, -0.2) is 9.48 Å². The van der Waals surface area contributed by atoms with Crippen LogP contribution in [0.15, 0.2) is 54.9 Å². The Morgan fingerprint density at radius 1 is 1.00 bits per heavy atom. The van der Waals surface area contributed by atoms with Gasteiger partial charge in [-0.3, -0.25) is 9.69 Å². The van der Waals surface area contributed by atoms with Gasteiger partial charge < -0.3 is 10.1 Å². The molecule has 0 saturated carbocycles. The molecule has 3 aromatic rings. The summed E-state index contributed by atoms with van der Waals surface area (Å²) < 4.78 is 7.32. The molecule has 0 saturated heterocycles. The lowest BCUT2D eigenvalue weighted by molar-refractivity contribution is 0.0329. The quantitative estimate of drug-likeness (QED) is 0.511. The molecular weight excluding hydrogens is 440 g/mol. The third-order valence-corrected chi connectivity index (χ3v) is 5.56. The summed E-state index contributed by atoms with van der Waals surface area (Å²) in [5.41, 5.74) is 3.43. The van der Waals surface area contributed by atoms with Gasteiger partial charge in [0, 0.05) is 29.9 Å². The molecule has 7 heteroatoms. The third kappa shape index (κ3) is 5.91. The van der Waals surface area contributed by atoms with Crippen molar-refractivity contribution in [2.45, 2.75) is 65.5 Å². The Kier molecular flexibility index (Phi) is 6.45. The minimum Gasteiger partial charge on any atom is -0.443 e. The van der Waals surface area contributed by atoms with Crippen LogP contribution in [0.5, 0.6) is 0 Å². The van der Waals surface area contributed by atoms with E-state index in [-0.39, 0.29) is 17.5 Å². The van der Waals surface area contributed by atoms with Gasteiger partial charge in [0.15, 0.2) is 0 Å². The van der Waals surface area contributed by atoms with Crippen molar-refractivity contribution < 1.29 is 14.3 Å². The lowest BCUT2D eigenvalue weighted by atomic mass is 9.99. The molecule has 1 aliphatic rings. The van der Waals surface area contributed by atoms with Crippen molar-refractivity contribution in [3.05, 3.63) is 66.0 Å². The van der Waals surface area contributed by atoms with E-state index >= 15 is 0 Å². The summed E-state index contributed by atoms with van der Waals surface area (Å²) in [6, 6.07) is 13.7. The second-order valence-corrected chi connectivity index (χ2v) is 11.0. The van der Waals surface area contributed by atoms with Crippen LogP contribution in [0.25, 0.3) is 22.2 Å². The van der Waals surface area contributed by atoms with Crippen LogP contribution >= 0.6 is 0 Å². The van der Waals surface area contributed by atoms with Crippen molar-refractivity contribution in [2.75, 3.05) is 6.54 Å². The van der Waals surface area contributed by atoms with E-state index in [0.717, 1.165) is 35.1 Å². The number of carbonyl (C=O) groups excluding carboxylic acids is 2. The molecule has 0 fully saturated rings. The van der Waals surface area contributed by atoms with Gasteiger partial charge in [0.05, 0.1) is 11.3 Å². The summed E-state index contributed by atoms with van der Waals surface area (Å²) in [5, 5.41) is 8.63. The number of nitrogens with zero attached hydrogens (tertiary/aromatic N) is 3. The third-order valence-electron chi connectivity index (χ3n) is 5.56. The van der Waals surface area contributed by atoms with E-state index < -0.39 is 5.60 Å². The molecule has 2 aromatic carbocycles. The molecule has 2 amide bonds. The number of benzene rings is 2. The van der Waals surface area contributed by atoms with E-state index in [1.807, 2.05) is 90.3 Å². The number of hydrogen-bond donors (Lipinski definition) is 1. The molecule has 4 rings (SSSR count). The fraction of sp³-hybridized carbons (Fsp3) is 0.393. The number of allylic oxidation sites excluding steroid dienone is 1. The maximum absolute atomic E-state index is 12.8. The molecule has 0 spiro atoms. The minimum atomic E-state index is -0.523. The van der Waals surface area contributed by atoms with Crippen molar-refractivity contribution >= 4 is 28.5 Å². The SMILES string of the molecule is CC(C)(C)NC(=O)c1cccc2cn(-c3ccc(C4=CN(C(=O)OC(C)(C)C)CCC4)cc3)nc12. The second-order valence-electron chi connectivity index (χ2n) is 11.0. The first-order valence-corrected chi connectivity index (χ1v) is 12.0. The van der Waals surface area contributed by atoms with E-state index in [0.29, 0.717) is 17.6 Å². The normalized spacial score (nSPS) is 14.6. The highest BCUT2D eigenvalue weighted by Gasteiger charge is 2.24. The van der Waals surface area contributed by atoms with Crippen LogP contribution in [-0.4, -0.2) is 44.4 Å². The Bertz CT molecular complexity index is 1270. The molecule has 0 aliphatic carbocycles. The number of rotatable bonds is 3. The lowest BCUT2D eigenvalue weighted by Crippen LogP contribution is -2.40. The number of ether oxygens (including phenoxy) is 1. The summed E-state index contributed by atoms with van der Waals surface area (Å²) in [6.07, 6.45) is 5.30. The van der Waals surface area contributed by atoms with Gasteiger partial charge in [0.25, 0.3) is 5.91 Å². The number of hydrogen-bond acceptors (Lipinski definition) is 4. The number of aromatic nitrogens is 2. The maximum Gasteiger partial charge on any atom is 0.414 e. The van der Waals surface area contributed by atoms with Crippen molar-refractivity contribution in [1.29, 1.82) is 0 Å². The molecule has 0 unspecified atom stereocenters. The second kappa shape index (κ2) is 9.21. The van der Waals surface area contributed by atoms with Gasteiger partial charge in [-0.2, -0.15) is 5.10 Å². The van der Waals surface area contributed by atoms with E-state index in [1.54, 1.807) is 15.6 Å². The van der Waals surface area contributed by atoms with Crippen LogP contribution in [0.1, 0.15) is 70.3 Å². The van der Waals surface area contributed by atoms with Crippen LogP contribution in [0, 0.1) is 0 Å². The molecule has 35 heavy (non-hydrogen) atoms. The molecule has 1 N–H and O–H groups in total. The molecule has 2 heterocycles. The average molecular weight is 475 g/mol. The first-order chi connectivity index (χ1) is 16.4. The summed E-state index contributed by atoms with van der Waals surface area (Å²) in [4.78, 5) is 26.9. The number of carbonyl (C=O) groups is 2. The molecule has 1 aromatic heterocycles. The first kappa shape index (κ1) is 24.5. The van der Waals surface area contributed by atoms with E-state index in [4.69, 9.17) is 9.84 Å². The van der Waals surface area contributed by atoms with Crippen LogP contribution < -0.4 is 5.32 Å². The highest BCUT2D eigenvalue weighted by atomic mass is 16.6. The number of amides is 2.